The summed E-state index contributed by atoms with van der Waals surface area (Å²) in [6, 6.07) is 6.41. The van der Waals surface area contributed by atoms with E-state index < -0.39 is 0 Å². The Morgan fingerprint density at radius 2 is 1.96 bits per heavy atom. The van der Waals surface area contributed by atoms with Crippen LogP contribution < -0.4 is 5.32 Å². The Hall–Kier alpha value is -2.05. The van der Waals surface area contributed by atoms with E-state index in [1.165, 1.54) is 29.0 Å². The molecule has 1 N–H and O–H groups in total. The normalized spacial score (nSPS) is 15.6. The average molecular weight is 388 g/mol. The molecule has 1 aromatic carbocycles. The molecule has 0 bridgehead atoms. The number of carbonyl (C=O) groups is 1. The number of nitrogens with one attached hydrogen (secondary N) is 1. The number of rotatable bonds is 5. The molecular formula is C21H26FN3OS. The van der Waals surface area contributed by atoms with Crippen LogP contribution >= 0.6 is 11.3 Å². The van der Waals surface area contributed by atoms with E-state index in [4.69, 9.17) is 0 Å². The van der Waals surface area contributed by atoms with Crippen molar-refractivity contribution in [2.24, 2.45) is 0 Å². The maximum Gasteiger partial charge on any atom is 0.263 e. The summed E-state index contributed by atoms with van der Waals surface area (Å²) in [5.41, 5.74) is 2.89. The van der Waals surface area contributed by atoms with Crippen LogP contribution in [0.1, 0.15) is 42.1 Å². The Morgan fingerprint density at radius 1 is 1.30 bits per heavy atom. The maximum atomic E-state index is 13.1. The molecule has 0 radical (unpaired) electrons. The molecule has 0 unspecified atom stereocenters. The first-order valence-electron chi connectivity index (χ1n) is 9.32. The first-order chi connectivity index (χ1) is 12.9. The van der Waals surface area contributed by atoms with Gasteiger partial charge in [0.25, 0.3) is 5.91 Å². The van der Waals surface area contributed by atoms with E-state index in [0.29, 0.717) is 4.88 Å². The van der Waals surface area contributed by atoms with Crippen LogP contribution in [0, 0.1) is 12.7 Å². The van der Waals surface area contributed by atoms with Gasteiger partial charge in [-0.3, -0.25) is 9.69 Å². The average Bonchev–Trinajstić information content (AvgIpc) is 3.03. The van der Waals surface area contributed by atoms with E-state index in [9.17, 15) is 9.18 Å². The van der Waals surface area contributed by atoms with Crippen LogP contribution in [0.2, 0.25) is 0 Å². The van der Waals surface area contributed by atoms with Gasteiger partial charge in [0, 0.05) is 31.2 Å². The maximum absolute atomic E-state index is 13.1. The molecule has 0 spiro atoms. The fraction of sp³-hybridized carbons (Fsp3) is 0.429. The van der Waals surface area contributed by atoms with Crippen molar-refractivity contribution in [3.63, 3.8) is 0 Å². The summed E-state index contributed by atoms with van der Waals surface area (Å²) < 4.78 is 13.1. The van der Waals surface area contributed by atoms with Gasteiger partial charge in [-0.2, -0.15) is 0 Å². The summed E-state index contributed by atoms with van der Waals surface area (Å²) in [5, 5.41) is 3.91. The summed E-state index contributed by atoms with van der Waals surface area (Å²) in [4.78, 5) is 20.3. The van der Waals surface area contributed by atoms with Crippen LogP contribution in [-0.2, 0) is 0 Å². The fourth-order valence-electron chi connectivity index (χ4n) is 3.15. The highest BCUT2D eigenvalue weighted by atomic mass is 32.1. The minimum Gasteiger partial charge on any atom is -0.348 e. The first kappa shape index (κ1) is 19.7. The van der Waals surface area contributed by atoms with Crippen LogP contribution in [0.5, 0.6) is 0 Å². The largest absolute Gasteiger partial charge is 0.348 e. The van der Waals surface area contributed by atoms with Crippen LogP contribution in [0.15, 0.2) is 35.9 Å². The standard InChI is InChI=1S/C21H26FN3OS/c1-14(2)8-11-25-12-9-18(10-13-25)24-20(26)19-15(3)23-21(27-19)16-4-6-17(22)7-5-16/h4-8,18H,9-13H2,1-3H3,(H,24,26). The number of halogens is 1. The SMILES string of the molecule is CC(C)=CCN1CCC(NC(=O)c2sc(-c3ccc(F)cc3)nc2C)CC1. The van der Waals surface area contributed by atoms with Crippen LogP contribution in [0.4, 0.5) is 4.39 Å². The highest BCUT2D eigenvalue weighted by molar-refractivity contribution is 7.17. The second-order valence-electron chi connectivity index (χ2n) is 7.27. The molecule has 1 fully saturated rings. The van der Waals surface area contributed by atoms with Gasteiger partial charge in [0.15, 0.2) is 0 Å². The predicted molar refractivity (Wildman–Crippen MR) is 109 cm³/mol. The molecule has 1 saturated heterocycles. The Kier molecular flexibility index (Phi) is 6.39. The zero-order valence-electron chi connectivity index (χ0n) is 16.1. The van der Waals surface area contributed by atoms with Gasteiger partial charge >= 0.3 is 0 Å². The lowest BCUT2D eigenvalue weighted by Gasteiger charge is -2.31. The van der Waals surface area contributed by atoms with Crippen molar-refractivity contribution in [1.82, 2.24) is 15.2 Å². The molecule has 1 amide bonds. The van der Waals surface area contributed by atoms with Gasteiger partial charge in [0.2, 0.25) is 0 Å². The minimum absolute atomic E-state index is 0.0545. The number of hydrogen-bond donors (Lipinski definition) is 1. The van der Waals surface area contributed by atoms with Crippen molar-refractivity contribution < 1.29 is 9.18 Å². The van der Waals surface area contributed by atoms with E-state index in [1.54, 1.807) is 12.1 Å². The number of allylic oxidation sites excluding steroid dienone is 1. The second kappa shape index (κ2) is 8.76. The van der Waals surface area contributed by atoms with Gasteiger partial charge in [-0.15, -0.1) is 11.3 Å². The number of amides is 1. The van der Waals surface area contributed by atoms with E-state index in [2.05, 4.69) is 35.1 Å². The van der Waals surface area contributed by atoms with Gasteiger partial charge < -0.3 is 5.32 Å². The fourth-order valence-corrected chi connectivity index (χ4v) is 4.12. The Bertz CT molecular complexity index is 816. The molecule has 2 aromatic rings. The topological polar surface area (TPSA) is 45.2 Å². The van der Waals surface area contributed by atoms with E-state index in [1.807, 2.05) is 6.92 Å². The molecular weight excluding hydrogens is 361 g/mol. The second-order valence-corrected chi connectivity index (χ2v) is 8.27. The summed E-state index contributed by atoms with van der Waals surface area (Å²) >= 11 is 1.36. The molecule has 1 aliphatic heterocycles. The van der Waals surface area contributed by atoms with Gasteiger partial charge in [0.05, 0.1) is 5.69 Å². The van der Waals surface area contributed by atoms with Gasteiger partial charge in [0.1, 0.15) is 15.7 Å². The van der Waals surface area contributed by atoms with Crippen LogP contribution in [-0.4, -0.2) is 41.5 Å². The predicted octanol–water partition coefficient (Wildman–Crippen LogP) is 4.42. The summed E-state index contributed by atoms with van der Waals surface area (Å²) in [7, 11) is 0. The highest BCUT2D eigenvalue weighted by Crippen LogP contribution is 2.28. The lowest BCUT2D eigenvalue weighted by molar-refractivity contribution is 0.0917. The van der Waals surface area contributed by atoms with Crippen LogP contribution in [0.3, 0.4) is 0 Å². The lowest BCUT2D eigenvalue weighted by atomic mass is 10.0. The highest BCUT2D eigenvalue weighted by Gasteiger charge is 2.23. The van der Waals surface area contributed by atoms with Crippen LogP contribution in [0.25, 0.3) is 10.6 Å². The van der Waals surface area contributed by atoms with Crippen molar-refractivity contribution >= 4 is 17.2 Å². The molecule has 4 nitrogen and oxygen atoms in total. The Balaban J connectivity index is 1.59. The summed E-state index contributed by atoms with van der Waals surface area (Å²) in [5.74, 6) is -0.331. The smallest absolute Gasteiger partial charge is 0.263 e. The number of nitrogens with zero attached hydrogens (tertiary/aromatic N) is 2. The van der Waals surface area contributed by atoms with Crippen molar-refractivity contribution in [3.05, 3.63) is 52.3 Å². The molecule has 2 heterocycles. The molecule has 27 heavy (non-hydrogen) atoms. The third-order valence-corrected chi connectivity index (χ3v) is 5.98. The molecule has 0 aliphatic carbocycles. The summed E-state index contributed by atoms with van der Waals surface area (Å²) in [6.07, 6.45) is 4.17. The summed E-state index contributed by atoms with van der Waals surface area (Å²) in [6.45, 7) is 9.06. The molecule has 144 valence electrons. The number of carbonyl (C=O) groups excluding carboxylic acids is 1. The lowest BCUT2D eigenvalue weighted by Crippen LogP contribution is -2.44. The molecule has 0 saturated carbocycles. The van der Waals surface area contributed by atoms with Gasteiger partial charge in [-0.05, 0) is 57.9 Å². The Labute approximate surface area is 164 Å². The van der Waals surface area contributed by atoms with Crippen molar-refractivity contribution in [2.45, 2.75) is 39.7 Å². The van der Waals surface area contributed by atoms with Crippen molar-refractivity contribution in [2.75, 3.05) is 19.6 Å². The zero-order chi connectivity index (χ0) is 19.4. The van der Waals surface area contributed by atoms with E-state index in [0.717, 1.165) is 48.7 Å². The monoisotopic (exact) mass is 387 g/mol. The number of thiazole rings is 1. The number of piperidine rings is 1. The third kappa shape index (κ3) is 5.23. The van der Waals surface area contributed by atoms with Gasteiger partial charge in [-0.1, -0.05) is 11.6 Å². The zero-order valence-corrected chi connectivity index (χ0v) is 16.9. The molecule has 1 aliphatic rings. The van der Waals surface area contributed by atoms with Crippen molar-refractivity contribution in [1.29, 1.82) is 0 Å². The van der Waals surface area contributed by atoms with Gasteiger partial charge in [-0.25, -0.2) is 9.37 Å². The minimum atomic E-state index is -0.277. The Morgan fingerprint density at radius 3 is 2.59 bits per heavy atom. The molecule has 1 aromatic heterocycles. The molecule has 3 rings (SSSR count). The number of aromatic nitrogens is 1. The van der Waals surface area contributed by atoms with E-state index >= 15 is 0 Å². The molecule has 0 atom stereocenters. The van der Waals surface area contributed by atoms with Crippen molar-refractivity contribution in [3.8, 4) is 10.6 Å². The number of hydrogen-bond acceptors (Lipinski definition) is 4. The quantitative estimate of drug-likeness (QED) is 0.773. The first-order valence-corrected chi connectivity index (χ1v) is 10.1. The molecule has 6 heteroatoms. The number of aryl methyl sites for hydroxylation is 1. The number of benzene rings is 1. The third-order valence-electron chi connectivity index (χ3n) is 4.77. The van der Waals surface area contributed by atoms with E-state index in [-0.39, 0.29) is 17.8 Å². The number of likely N-dealkylation sites (tertiary alicyclic amines) is 1.